The number of hydrogen-bond acceptors (Lipinski definition) is 3. The van der Waals surface area contributed by atoms with E-state index in [1.54, 1.807) is 30.9 Å². The largest absolute Gasteiger partial charge is 0.368 e. The van der Waals surface area contributed by atoms with Crippen molar-refractivity contribution in [3.05, 3.63) is 28.2 Å². The molecule has 0 aliphatic heterocycles. The predicted molar refractivity (Wildman–Crippen MR) is 80.9 cm³/mol. The first kappa shape index (κ1) is 15.0. The topological polar surface area (TPSA) is 55.1 Å². The molecule has 1 amide bonds. The average molecular weight is 319 g/mol. The molecular weight excluding hydrogens is 303 g/mol. The van der Waals surface area contributed by atoms with Crippen LogP contribution in [0.25, 0.3) is 0 Å². The van der Waals surface area contributed by atoms with Gasteiger partial charge in [0.25, 0.3) is 0 Å². The molecule has 0 aromatic heterocycles. The summed E-state index contributed by atoms with van der Waals surface area (Å²) in [6, 6.07) is 5.42. The Bertz CT molecular complexity index is 498. The van der Waals surface area contributed by atoms with Crippen LogP contribution in [0.2, 0.25) is 10.0 Å². The lowest BCUT2D eigenvalue weighted by Crippen LogP contribution is -2.52. The molecule has 6 heteroatoms. The molecule has 0 radical (unpaired) electrons. The maximum Gasteiger partial charge on any atom is 0.237 e. The van der Waals surface area contributed by atoms with Crippen LogP contribution in [0.5, 0.6) is 0 Å². The zero-order valence-corrected chi connectivity index (χ0v) is 12.9. The number of primary amides is 1. The second kappa shape index (κ2) is 5.92. The second-order valence-corrected chi connectivity index (χ2v) is 6.94. The first-order valence-corrected chi connectivity index (χ1v) is 7.71. The van der Waals surface area contributed by atoms with E-state index in [9.17, 15) is 4.79 Å². The Kier molecular flexibility index (Phi) is 4.66. The standard InChI is InChI=1S/C13H16Cl2N2OS/c1-17-13(12(16)18)5-4-9(7-13)19-11-6-8(14)2-3-10(11)15/h2-3,6,9,17H,4-5,7H2,1H3,(H2,16,18). The van der Waals surface area contributed by atoms with E-state index >= 15 is 0 Å². The Morgan fingerprint density at radius 2 is 2.26 bits per heavy atom. The minimum Gasteiger partial charge on any atom is -0.368 e. The van der Waals surface area contributed by atoms with Crippen LogP contribution < -0.4 is 11.1 Å². The number of carbonyl (C=O) groups excluding carboxylic acids is 1. The van der Waals surface area contributed by atoms with Gasteiger partial charge in [0.05, 0.1) is 10.6 Å². The van der Waals surface area contributed by atoms with Crippen molar-refractivity contribution in [2.75, 3.05) is 7.05 Å². The van der Waals surface area contributed by atoms with E-state index in [4.69, 9.17) is 28.9 Å². The summed E-state index contributed by atoms with van der Waals surface area (Å²) in [5, 5.41) is 4.74. The highest BCUT2D eigenvalue weighted by Crippen LogP contribution is 2.42. The van der Waals surface area contributed by atoms with Crippen LogP contribution in [0, 0.1) is 0 Å². The van der Waals surface area contributed by atoms with Crippen molar-refractivity contribution in [3.63, 3.8) is 0 Å². The molecule has 0 spiro atoms. The number of carbonyl (C=O) groups is 1. The van der Waals surface area contributed by atoms with Gasteiger partial charge in [-0.05, 0) is 44.5 Å². The second-order valence-electron chi connectivity index (χ2n) is 4.75. The minimum atomic E-state index is -0.581. The molecule has 19 heavy (non-hydrogen) atoms. The number of nitrogens with two attached hydrogens (primary N) is 1. The van der Waals surface area contributed by atoms with Gasteiger partial charge in [-0.1, -0.05) is 23.2 Å². The monoisotopic (exact) mass is 318 g/mol. The third-order valence-corrected chi connectivity index (χ3v) is 5.61. The van der Waals surface area contributed by atoms with Gasteiger partial charge in [0.1, 0.15) is 0 Å². The quantitative estimate of drug-likeness (QED) is 0.897. The summed E-state index contributed by atoms with van der Waals surface area (Å²) in [5.41, 5.74) is 4.91. The van der Waals surface area contributed by atoms with Crippen LogP contribution in [0.1, 0.15) is 19.3 Å². The molecule has 0 saturated heterocycles. The fourth-order valence-electron chi connectivity index (χ4n) is 2.42. The first-order valence-electron chi connectivity index (χ1n) is 6.07. The molecule has 1 aliphatic carbocycles. The number of likely N-dealkylation sites (N-methyl/N-ethyl adjacent to an activating group) is 1. The van der Waals surface area contributed by atoms with Crippen molar-refractivity contribution in [3.8, 4) is 0 Å². The van der Waals surface area contributed by atoms with E-state index < -0.39 is 5.54 Å². The number of hydrogen-bond donors (Lipinski definition) is 2. The number of rotatable bonds is 4. The van der Waals surface area contributed by atoms with Gasteiger partial charge in [-0.25, -0.2) is 0 Å². The smallest absolute Gasteiger partial charge is 0.237 e. The minimum absolute atomic E-state index is 0.282. The van der Waals surface area contributed by atoms with Crippen LogP contribution in [0.15, 0.2) is 23.1 Å². The normalized spacial score (nSPS) is 26.6. The van der Waals surface area contributed by atoms with Gasteiger partial charge in [-0.3, -0.25) is 4.79 Å². The Morgan fingerprint density at radius 1 is 1.53 bits per heavy atom. The van der Waals surface area contributed by atoms with E-state index in [1.807, 2.05) is 6.07 Å². The lowest BCUT2D eigenvalue weighted by Gasteiger charge is -2.24. The van der Waals surface area contributed by atoms with Crippen molar-refractivity contribution in [1.29, 1.82) is 0 Å². The lowest BCUT2D eigenvalue weighted by atomic mass is 9.97. The lowest BCUT2D eigenvalue weighted by molar-refractivity contribution is -0.124. The summed E-state index contributed by atoms with van der Waals surface area (Å²) in [7, 11) is 1.78. The van der Waals surface area contributed by atoms with Gasteiger partial charge in [0.15, 0.2) is 0 Å². The van der Waals surface area contributed by atoms with Crippen molar-refractivity contribution >= 4 is 40.9 Å². The Balaban J connectivity index is 2.10. The molecule has 104 valence electrons. The summed E-state index contributed by atoms with van der Waals surface area (Å²) < 4.78 is 0. The summed E-state index contributed by atoms with van der Waals surface area (Å²) in [6.45, 7) is 0. The maximum absolute atomic E-state index is 11.6. The SMILES string of the molecule is CNC1(C(N)=O)CCC(Sc2cc(Cl)ccc2Cl)C1. The van der Waals surface area contributed by atoms with Gasteiger partial charge in [-0.2, -0.15) is 0 Å². The third kappa shape index (κ3) is 3.19. The number of thioether (sulfide) groups is 1. The van der Waals surface area contributed by atoms with Crippen LogP contribution >= 0.6 is 35.0 Å². The Labute approximate surface area is 127 Å². The van der Waals surface area contributed by atoms with Crippen molar-refractivity contribution in [2.45, 2.75) is 34.9 Å². The number of nitrogens with one attached hydrogen (secondary N) is 1. The molecule has 0 bridgehead atoms. The molecule has 1 fully saturated rings. The number of halogens is 2. The number of amides is 1. The van der Waals surface area contributed by atoms with Gasteiger partial charge in [-0.15, -0.1) is 11.8 Å². The highest BCUT2D eigenvalue weighted by Gasteiger charge is 2.43. The maximum atomic E-state index is 11.6. The molecule has 3 N–H and O–H groups in total. The van der Waals surface area contributed by atoms with Crippen LogP contribution in [0.4, 0.5) is 0 Å². The molecule has 1 saturated carbocycles. The van der Waals surface area contributed by atoms with Crippen LogP contribution in [0.3, 0.4) is 0 Å². The summed E-state index contributed by atoms with van der Waals surface area (Å²) in [6.07, 6.45) is 2.40. The van der Waals surface area contributed by atoms with E-state index in [1.165, 1.54) is 0 Å². The molecule has 0 heterocycles. The average Bonchev–Trinajstić information content (AvgIpc) is 2.79. The van der Waals surface area contributed by atoms with E-state index in [0.29, 0.717) is 21.7 Å². The summed E-state index contributed by atoms with van der Waals surface area (Å²) in [5.74, 6) is -0.282. The molecule has 1 aromatic rings. The van der Waals surface area contributed by atoms with Gasteiger partial charge in [0.2, 0.25) is 5.91 Å². The molecule has 2 unspecified atom stereocenters. The van der Waals surface area contributed by atoms with Gasteiger partial charge in [0, 0.05) is 15.2 Å². The van der Waals surface area contributed by atoms with Crippen LogP contribution in [-0.4, -0.2) is 23.7 Å². The molecular formula is C13H16Cl2N2OS. The van der Waals surface area contributed by atoms with Crippen molar-refractivity contribution < 1.29 is 4.79 Å². The zero-order valence-electron chi connectivity index (χ0n) is 10.6. The Morgan fingerprint density at radius 3 is 2.84 bits per heavy atom. The first-order chi connectivity index (χ1) is 8.97. The zero-order chi connectivity index (χ0) is 14.0. The molecule has 2 atom stereocenters. The highest BCUT2D eigenvalue weighted by atomic mass is 35.5. The van der Waals surface area contributed by atoms with E-state index in [2.05, 4.69) is 5.32 Å². The molecule has 1 aliphatic rings. The van der Waals surface area contributed by atoms with Gasteiger partial charge >= 0.3 is 0 Å². The molecule has 2 rings (SSSR count). The summed E-state index contributed by atoms with van der Waals surface area (Å²) >= 11 is 13.8. The highest BCUT2D eigenvalue weighted by molar-refractivity contribution is 8.00. The summed E-state index contributed by atoms with van der Waals surface area (Å²) in [4.78, 5) is 12.5. The van der Waals surface area contributed by atoms with Crippen molar-refractivity contribution in [2.24, 2.45) is 5.73 Å². The van der Waals surface area contributed by atoms with E-state index in [0.717, 1.165) is 17.7 Å². The number of benzene rings is 1. The fourth-order valence-corrected chi connectivity index (χ4v) is 4.25. The fraction of sp³-hybridized carbons (Fsp3) is 0.462. The van der Waals surface area contributed by atoms with Gasteiger partial charge < -0.3 is 11.1 Å². The molecule has 1 aromatic carbocycles. The Hall–Kier alpha value is -0.420. The van der Waals surface area contributed by atoms with Crippen molar-refractivity contribution in [1.82, 2.24) is 5.32 Å². The predicted octanol–water partition coefficient (Wildman–Crippen LogP) is 3.08. The van der Waals surface area contributed by atoms with Crippen LogP contribution in [-0.2, 0) is 4.79 Å². The molecule has 3 nitrogen and oxygen atoms in total. The van der Waals surface area contributed by atoms with E-state index in [-0.39, 0.29) is 5.91 Å². The third-order valence-electron chi connectivity index (χ3n) is 3.61.